The zero-order valence-corrected chi connectivity index (χ0v) is 10.5. The van der Waals surface area contributed by atoms with Crippen LogP contribution in [0.4, 0.5) is 0 Å². The maximum Gasteiger partial charge on any atom is 0.214 e. The summed E-state index contributed by atoms with van der Waals surface area (Å²) in [6.07, 6.45) is 3.71. The lowest BCUT2D eigenvalue weighted by Crippen LogP contribution is -2.35. The van der Waals surface area contributed by atoms with E-state index < -0.39 is 10.0 Å². The van der Waals surface area contributed by atoms with Crippen LogP contribution in [0.2, 0.25) is 0 Å². The molecule has 4 nitrogen and oxygen atoms in total. The fourth-order valence-corrected chi connectivity index (χ4v) is 3.89. The summed E-state index contributed by atoms with van der Waals surface area (Å²) in [6, 6.07) is 0.208. The minimum Gasteiger partial charge on any atom is -0.320 e. The molecule has 0 aliphatic carbocycles. The highest BCUT2D eigenvalue weighted by molar-refractivity contribution is 7.89. The molecule has 15 heavy (non-hydrogen) atoms. The topological polar surface area (TPSA) is 49.4 Å². The predicted molar refractivity (Wildman–Crippen MR) is 62.3 cm³/mol. The average molecular weight is 234 g/mol. The van der Waals surface area contributed by atoms with E-state index in [1.54, 1.807) is 4.31 Å². The summed E-state index contributed by atoms with van der Waals surface area (Å²) in [7, 11) is -1.10. The van der Waals surface area contributed by atoms with Gasteiger partial charge >= 0.3 is 0 Å². The third-order valence-corrected chi connectivity index (χ3v) is 4.99. The second-order valence-corrected chi connectivity index (χ2v) is 6.27. The minimum absolute atomic E-state index is 0.208. The van der Waals surface area contributed by atoms with Gasteiger partial charge in [0.25, 0.3) is 0 Å². The first kappa shape index (κ1) is 12.9. The van der Waals surface area contributed by atoms with E-state index in [4.69, 9.17) is 0 Å². The molecule has 1 heterocycles. The van der Waals surface area contributed by atoms with E-state index in [1.807, 2.05) is 14.0 Å². The van der Waals surface area contributed by atoms with Crippen molar-refractivity contribution in [3.8, 4) is 0 Å². The Balaban J connectivity index is 2.37. The van der Waals surface area contributed by atoms with E-state index in [0.29, 0.717) is 5.75 Å². The number of sulfonamides is 1. The van der Waals surface area contributed by atoms with Crippen LogP contribution >= 0.6 is 0 Å². The maximum absolute atomic E-state index is 11.9. The molecule has 0 bridgehead atoms. The van der Waals surface area contributed by atoms with Crippen molar-refractivity contribution in [1.82, 2.24) is 9.62 Å². The monoisotopic (exact) mass is 234 g/mol. The second kappa shape index (κ2) is 5.82. The van der Waals surface area contributed by atoms with Crippen LogP contribution in [0.25, 0.3) is 0 Å². The molecule has 1 saturated heterocycles. The number of nitrogens with zero attached hydrogens (tertiary/aromatic N) is 1. The molecule has 0 aromatic heterocycles. The first-order chi connectivity index (χ1) is 7.08. The molecule has 0 aromatic carbocycles. The Bertz CT molecular complexity index is 277. The van der Waals surface area contributed by atoms with Crippen LogP contribution < -0.4 is 5.32 Å². The Kier molecular flexibility index (Phi) is 5.02. The van der Waals surface area contributed by atoms with Crippen molar-refractivity contribution in [3.05, 3.63) is 0 Å². The van der Waals surface area contributed by atoms with Crippen molar-refractivity contribution >= 4 is 10.0 Å². The van der Waals surface area contributed by atoms with Gasteiger partial charge in [0.05, 0.1) is 5.75 Å². The van der Waals surface area contributed by atoms with Gasteiger partial charge in [-0.1, -0.05) is 0 Å². The van der Waals surface area contributed by atoms with Crippen molar-refractivity contribution in [1.29, 1.82) is 0 Å². The van der Waals surface area contributed by atoms with Crippen LogP contribution in [0.3, 0.4) is 0 Å². The Labute approximate surface area is 93.1 Å². The molecule has 1 aliphatic rings. The van der Waals surface area contributed by atoms with Crippen molar-refractivity contribution in [3.63, 3.8) is 0 Å². The third-order valence-electron chi connectivity index (χ3n) is 2.93. The molecule has 0 amide bonds. The molecule has 0 saturated carbocycles. The van der Waals surface area contributed by atoms with Crippen molar-refractivity contribution in [2.75, 3.05) is 25.9 Å². The van der Waals surface area contributed by atoms with Crippen LogP contribution in [0.1, 0.15) is 32.6 Å². The number of hydrogen-bond donors (Lipinski definition) is 1. The smallest absolute Gasteiger partial charge is 0.214 e. The van der Waals surface area contributed by atoms with Gasteiger partial charge < -0.3 is 5.32 Å². The lowest BCUT2D eigenvalue weighted by molar-refractivity contribution is 0.407. The lowest BCUT2D eigenvalue weighted by Gasteiger charge is -2.20. The van der Waals surface area contributed by atoms with E-state index in [-0.39, 0.29) is 6.04 Å². The van der Waals surface area contributed by atoms with Crippen LogP contribution in [0.5, 0.6) is 0 Å². The molecule has 90 valence electrons. The van der Waals surface area contributed by atoms with E-state index in [0.717, 1.165) is 38.8 Å². The average Bonchev–Trinajstić information content (AvgIpc) is 2.60. The summed E-state index contributed by atoms with van der Waals surface area (Å²) in [6.45, 7) is 3.61. The van der Waals surface area contributed by atoms with Gasteiger partial charge in [0.1, 0.15) is 0 Å². The molecule has 0 aromatic rings. The van der Waals surface area contributed by atoms with Crippen molar-refractivity contribution < 1.29 is 8.42 Å². The van der Waals surface area contributed by atoms with Crippen molar-refractivity contribution in [2.45, 2.75) is 38.6 Å². The molecule has 1 N–H and O–H groups in total. The number of nitrogens with one attached hydrogen (secondary N) is 1. The molecule has 0 radical (unpaired) electrons. The minimum atomic E-state index is -2.98. The van der Waals surface area contributed by atoms with Gasteiger partial charge in [0, 0.05) is 12.6 Å². The fourth-order valence-electron chi connectivity index (χ4n) is 2.02. The molecular weight excluding hydrogens is 212 g/mol. The highest BCUT2D eigenvalue weighted by atomic mass is 32.2. The van der Waals surface area contributed by atoms with E-state index in [1.165, 1.54) is 0 Å². The lowest BCUT2D eigenvalue weighted by atomic mass is 10.3. The SMILES string of the molecule is CNCCCCS(=O)(=O)N1CCCC1C. The summed E-state index contributed by atoms with van der Waals surface area (Å²) in [4.78, 5) is 0. The first-order valence-corrected chi connectivity index (χ1v) is 7.33. The van der Waals surface area contributed by atoms with Gasteiger partial charge in [0.15, 0.2) is 0 Å². The van der Waals surface area contributed by atoms with Crippen LogP contribution in [0.15, 0.2) is 0 Å². The molecule has 1 atom stereocenters. The van der Waals surface area contributed by atoms with Gasteiger partial charge in [-0.05, 0) is 46.2 Å². The zero-order valence-electron chi connectivity index (χ0n) is 9.70. The van der Waals surface area contributed by atoms with Gasteiger partial charge in [-0.25, -0.2) is 8.42 Å². The quantitative estimate of drug-likeness (QED) is 0.692. The van der Waals surface area contributed by atoms with Gasteiger partial charge in [0.2, 0.25) is 10.0 Å². The summed E-state index contributed by atoms with van der Waals surface area (Å²) in [5.41, 5.74) is 0. The summed E-state index contributed by atoms with van der Waals surface area (Å²) in [5, 5.41) is 3.02. The first-order valence-electron chi connectivity index (χ1n) is 5.72. The van der Waals surface area contributed by atoms with Crippen molar-refractivity contribution in [2.24, 2.45) is 0 Å². The van der Waals surface area contributed by atoms with Crippen LogP contribution in [-0.4, -0.2) is 44.7 Å². The fraction of sp³-hybridized carbons (Fsp3) is 1.00. The standard InChI is InChI=1S/C10H22N2O2S/c1-10-6-5-8-12(10)15(13,14)9-4-3-7-11-2/h10-11H,3-9H2,1-2H3. The number of hydrogen-bond acceptors (Lipinski definition) is 3. The Morgan fingerprint density at radius 1 is 1.40 bits per heavy atom. The second-order valence-electron chi connectivity index (χ2n) is 4.23. The Morgan fingerprint density at radius 3 is 2.67 bits per heavy atom. The normalized spacial score (nSPS) is 23.5. The zero-order chi connectivity index (χ0) is 11.3. The molecular formula is C10H22N2O2S. The highest BCUT2D eigenvalue weighted by Gasteiger charge is 2.30. The maximum atomic E-state index is 11.9. The van der Waals surface area contributed by atoms with E-state index in [9.17, 15) is 8.42 Å². The Morgan fingerprint density at radius 2 is 2.13 bits per heavy atom. The van der Waals surface area contributed by atoms with E-state index in [2.05, 4.69) is 5.32 Å². The third kappa shape index (κ3) is 3.74. The summed E-state index contributed by atoms with van der Waals surface area (Å²) < 4.78 is 25.5. The Hall–Kier alpha value is -0.130. The highest BCUT2D eigenvalue weighted by Crippen LogP contribution is 2.21. The molecule has 1 rings (SSSR count). The van der Waals surface area contributed by atoms with Gasteiger partial charge in [-0.3, -0.25) is 0 Å². The number of rotatable bonds is 6. The van der Waals surface area contributed by atoms with E-state index >= 15 is 0 Å². The molecule has 0 spiro atoms. The predicted octanol–water partition coefficient (Wildman–Crippen LogP) is 0.800. The molecule has 1 aliphatic heterocycles. The molecule has 1 unspecified atom stereocenters. The van der Waals surface area contributed by atoms with Crippen LogP contribution in [-0.2, 0) is 10.0 Å². The largest absolute Gasteiger partial charge is 0.320 e. The number of unbranched alkanes of at least 4 members (excludes halogenated alkanes) is 1. The summed E-state index contributed by atoms with van der Waals surface area (Å²) >= 11 is 0. The van der Waals surface area contributed by atoms with Gasteiger partial charge in [-0.2, -0.15) is 4.31 Å². The van der Waals surface area contributed by atoms with Crippen LogP contribution in [0, 0.1) is 0 Å². The molecule has 5 heteroatoms. The summed E-state index contributed by atoms with van der Waals surface area (Å²) in [5.74, 6) is 0.305. The van der Waals surface area contributed by atoms with Gasteiger partial charge in [-0.15, -0.1) is 0 Å². The molecule has 1 fully saturated rings.